The highest BCUT2D eigenvalue weighted by atomic mass is 16.6. The van der Waals surface area contributed by atoms with Gasteiger partial charge in [0.2, 0.25) is 0 Å². The largest absolute Gasteiger partial charge is 0.365 e. The molecule has 0 aromatic carbocycles. The van der Waals surface area contributed by atoms with E-state index in [1.54, 1.807) is 0 Å². The van der Waals surface area contributed by atoms with Gasteiger partial charge in [-0.2, -0.15) is 0 Å². The van der Waals surface area contributed by atoms with Gasteiger partial charge in [0.05, 0.1) is 6.10 Å². The third-order valence-electron chi connectivity index (χ3n) is 2.45. The summed E-state index contributed by atoms with van der Waals surface area (Å²) in [4.78, 5) is 0. The van der Waals surface area contributed by atoms with Crippen LogP contribution in [0.15, 0.2) is 37.0 Å². The third kappa shape index (κ3) is 1.51. The van der Waals surface area contributed by atoms with E-state index in [2.05, 4.69) is 30.9 Å². The normalized spacial score (nSPS) is 39.2. The molecule has 0 aromatic heterocycles. The van der Waals surface area contributed by atoms with Gasteiger partial charge in [-0.05, 0) is 12.8 Å². The maximum Gasteiger partial charge on any atom is 0.103 e. The van der Waals surface area contributed by atoms with Crippen molar-refractivity contribution in [2.75, 3.05) is 0 Å². The summed E-state index contributed by atoms with van der Waals surface area (Å²) in [6.45, 7) is 3.72. The molecule has 0 aromatic rings. The van der Waals surface area contributed by atoms with Crippen LogP contribution in [0, 0.1) is 5.92 Å². The highest BCUT2D eigenvalue weighted by molar-refractivity contribution is 5.11. The lowest BCUT2D eigenvalue weighted by atomic mass is 9.99. The van der Waals surface area contributed by atoms with Gasteiger partial charge in [-0.25, -0.2) is 0 Å². The van der Waals surface area contributed by atoms with E-state index in [0.29, 0.717) is 18.1 Å². The minimum Gasteiger partial charge on any atom is -0.365 e. The van der Waals surface area contributed by atoms with Crippen molar-refractivity contribution in [3.8, 4) is 0 Å². The molecule has 64 valence electrons. The van der Waals surface area contributed by atoms with Crippen LogP contribution in [0.2, 0.25) is 0 Å². The maximum atomic E-state index is 5.46. The highest BCUT2D eigenvalue weighted by Gasteiger charge is 2.40. The van der Waals surface area contributed by atoms with E-state index in [1.807, 2.05) is 6.08 Å². The molecule has 1 heterocycles. The Hall–Kier alpha value is -0.820. The van der Waals surface area contributed by atoms with Crippen LogP contribution in [0.3, 0.4) is 0 Å². The first-order valence-corrected chi connectivity index (χ1v) is 4.51. The van der Waals surface area contributed by atoms with Crippen molar-refractivity contribution in [1.82, 2.24) is 0 Å². The Morgan fingerprint density at radius 3 is 3.00 bits per heavy atom. The van der Waals surface area contributed by atoms with E-state index in [4.69, 9.17) is 4.74 Å². The van der Waals surface area contributed by atoms with Gasteiger partial charge < -0.3 is 4.74 Å². The quantitative estimate of drug-likeness (QED) is 0.449. The Morgan fingerprint density at radius 2 is 2.25 bits per heavy atom. The highest BCUT2D eigenvalue weighted by Crippen LogP contribution is 2.34. The fourth-order valence-electron chi connectivity index (χ4n) is 1.67. The van der Waals surface area contributed by atoms with Crippen LogP contribution in [0.25, 0.3) is 0 Å². The molecule has 2 rings (SSSR count). The number of allylic oxidation sites excluding steroid dienone is 3. The van der Waals surface area contributed by atoms with Crippen LogP contribution >= 0.6 is 0 Å². The topological polar surface area (TPSA) is 12.5 Å². The second-order valence-electron chi connectivity index (χ2n) is 3.34. The number of hydrogen-bond acceptors (Lipinski definition) is 1. The van der Waals surface area contributed by atoms with E-state index in [-0.39, 0.29) is 0 Å². The molecule has 1 aliphatic carbocycles. The molecule has 0 bridgehead atoms. The van der Waals surface area contributed by atoms with Gasteiger partial charge in [0.1, 0.15) is 6.10 Å². The first-order chi connectivity index (χ1) is 5.92. The zero-order valence-electron chi connectivity index (χ0n) is 7.15. The third-order valence-corrected chi connectivity index (χ3v) is 2.45. The molecule has 1 aliphatic heterocycles. The number of ether oxygens (including phenoxy) is 1. The molecule has 0 spiro atoms. The molecule has 0 saturated carbocycles. The van der Waals surface area contributed by atoms with Gasteiger partial charge in [-0.1, -0.05) is 30.4 Å². The molecule has 0 amide bonds. The first kappa shape index (κ1) is 7.81. The van der Waals surface area contributed by atoms with E-state index in [0.717, 1.165) is 12.8 Å². The molecule has 0 unspecified atom stereocenters. The van der Waals surface area contributed by atoms with Crippen LogP contribution in [0.1, 0.15) is 12.8 Å². The predicted molar refractivity (Wildman–Crippen MR) is 49.9 cm³/mol. The van der Waals surface area contributed by atoms with Crippen molar-refractivity contribution in [2.45, 2.75) is 25.0 Å². The van der Waals surface area contributed by atoms with Crippen LogP contribution in [-0.2, 0) is 4.74 Å². The van der Waals surface area contributed by atoms with Crippen molar-refractivity contribution in [3.63, 3.8) is 0 Å². The Bertz CT molecular complexity index is 227. The molecule has 1 nitrogen and oxygen atoms in total. The molecular formula is C11H14O. The average molecular weight is 162 g/mol. The molecule has 1 fully saturated rings. The minimum atomic E-state index is 0.311. The Morgan fingerprint density at radius 1 is 1.33 bits per heavy atom. The Labute approximate surface area is 73.4 Å². The summed E-state index contributed by atoms with van der Waals surface area (Å²) < 4.78 is 5.46. The lowest BCUT2D eigenvalue weighted by molar-refractivity contribution is 0.350. The maximum absolute atomic E-state index is 5.46. The number of rotatable bonds is 2. The number of hydrogen-bond donors (Lipinski definition) is 0. The van der Waals surface area contributed by atoms with E-state index >= 15 is 0 Å². The monoisotopic (exact) mass is 162 g/mol. The molecular weight excluding hydrogens is 148 g/mol. The van der Waals surface area contributed by atoms with E-state index in [9.17, 15) is 0 Å². The molecule has 1 heteroatoms. The Balaban J connectivity index is 1.95. The van der Waals surface area contributed by atoms with Crippen molar-refractivity contribution in [2.24, 2.45) is 5.92 Å². The predicted octanol–water partition coefficient (Wildman–Crippen LogP) is 2.46. The zero-order chi connectivity index (χ0) is 8.39. The smallest absolute Gasteiger partial charge is 0.103 e. The molecule has 2 aliphatic rings. The minimum absolute atomic E-state index is 0.311. The number of epoxide rings is 1. The van der Waals surface area contributed by atoms with Gasteiger partial charge >= 0.3 is 0 Å². The summed E-state index contributed by atoms with van der Waals surface area (Å²) >= 11 is 0. The van der Waals surface area contributed by atoms with Gasteiger partial charge in [0.25, 0.3) is 0 Å². The lowest BCUT2D eigenvalue weighted by Crippen LogP contribution is -2.05. The van der Waals surface area contributed by atoms with E-state index < -0.39 is 0 Å². The van der Waals surface area contributed by atoms with E-state index in [1.165, 1.54) is 0 Å². The van der Waals surface area contributed by atoms with Gasteiger partial charge in [0.15, 0.2) is 0 Å². The van der Waals surface area contributed by atoms with Crippen LogP contribution in [-0.4, -0.2) is 12.2 Å². The van der Waals surface area contributed by atoms with Crippen molar-refractivity contribution < 1.29 is 4.74 Å². The van der Waals surface area contributed by atoms with Gasteiger partial charge in [0, 0.05) is 5.92 Å². The van der Waals surface area contributed by atoms with Crippen LogP contribution in [0.5, 0.6) is 0 Å². The standard InChI is InChI=1S/C11H14O/c1-2-10-11(12-10)9-7-5-3-4-6-8-9/h2-3,5-6,8-11H,1,4,7H2/t9-,10-,11+/m0/s1. The summed E-state index contributed by atoms with van der Waals surface area (Å²) in [6.07, 6.45) is 13.7. The summed E-state index contributed by atoms with van der Waals surface area (Å²) in [7, 11) is 0. The van der Waals surface area contributed by atoms with Crippen LogP contribution in [0.4, 0.5) is 0 Å². The fraction of sp³-hybridized carbons (Fsp3) is 0.455. The van der Waals surface area contributed by atoms with Gasteiger partial charge in [-0.15, -0.1) is 6.58 Å². The lowest BCUT2D eigenvalue weighted by Gasteiger charge is -2.03. The van der Waals surface area contributed by atoms with Gasteiger partial charge in [-0.3, -0.25) is 0 Å². The van der Waals surface area contributed by atoms with Crippen molar-refractivity contribution in [3.05, 3.63) is 37.0 Å². The second-order valence-corrected chi connectivity index (χ2v) is 3.34. The van der Waals surface area contributed by atoms with Crippen molar-refractivity contribution in [1.29, 1.82) is 0 Å². The summed E-state index contributed by atoms with van der Waals surface area (Å²) in [5.41, 5.74) is 0. The summed E-state index contributed by atoms with van der Waals surface area (Å²) in [5, 5.41) is 0. The molecule has 1 saturated heterocycles. The molecule has 0 N–H and O–H groups in total. The Kier molecular flexibility index (Phi) is 2.13. The summed E-state index contributed by atoms with van der Waals surface area (Å²) in [5.74, 6) is 0.576. The molecule has 0 radical (unpaired) electrons. The first-order valence-electron chi connectivity index (χ1n) is 4.51. The molecule has 12 heavy (non-hydrogen) atoms. The average Bonchev–Trinajstić information content (AvgIpc) is 2.89. The zero-order valence-corrected chi connectivity index (χ0v) is 7.15. The fourth-order valence-corrected chi connectivity index (χ4v) is 1.67. The molecule has 3 atom stereocenters. The summed E-state index contributed by atoms with van der Waals surface area (Å²) in [6, 6.07) is 0. The van der Waals surface area contributed by atoms with Crippen LogP contribution < -0.4 is 0 Å². The van der Waals surface area contributed by atoms with Crippen molar-refractivity contribution >= 4 is 0 Å². The SMILES string of the molecule is C=C[C@@H]1O[C@@H]1[C@@H]1C=CCC=CC1. The second kappa shape index (κ2) is 3.28.